The van der Waals surface area contributed by atoms with E-state index in [1.165, 1.54) is 77.0 Å². The molecule has 0 fully saturated rings. The van der Waals surface area contributed by atoms with E-state index in [-0.39, 0.29) is 25.2 Å². The van der Waals surface area contributed by atoms with E-state index in [9.17, 15) is 14.7 Å². The number of aliphatic hydroxyl groups excluding tert-OH is 1. The van der Waals surface area contributed by atoms with E-state index in [2.05, 4.69) is 27.7 Å². The van der Waals surface area contributed by atoms with Crippen LogP contribution in [0.4, 0.5) is 0 Å². The van der Waals surface area contributed by atoms with Gasteiger partial charge in [-0.05, 0) is 24.7 Å². The molecule has 0 unspecified atom stereocenters. The summed E-state index contributed by atoms with van der Waals surface area (Å²) in [5, 5.41) is 9.46. The van der Waals surface area contributed by atoms with Gasteiger partial charge in [-0.3, -0.25) is 9.59 Å². The summed E-state index contributed by atoms with van der Waals surface area (Å²) < 4.78 is 10.5. The summed E-state index contributed by atoms with van der Waals surface area (Å²) in [7, 11) is 0. The van der Waals surface area contributed by atoms with Gasteiger partial charge < -0.3 is 14.6 Å². The van der Waals surface area contributed by atoms with Gasteiger partial charge in [-0.25, -0.2) is 0 Å². The van der Waals surface area contributed by atoms with Crippen molar-refractivity contribution in [2.75, 3.05) is 13.2 Å². The summed E-state index contributed by atoms with van der Waals surface area (Å²) in [6.45, 7) is 8.73. The maximum atomic E-state index is 12.0. The van der Waals surface area contributed by atoms with Crippen LogP contribution in [0, 0.1) is 11.8 Å². The highest BCUT2D eigenvalue weighted by Gasteiger charge is 2.16. The molecule has 5 nitrogen and oxygen atoms in total. The Morgan fingerprint density at radius 2 is 0.917 bits per heavy atom. The lowest BCUT2D eigenvalue weighted by Crippen LogP contribution is -2.28. The van der Waals surface area contributed by atoms with Crippen LogP contribution in [-0.2, 0) is 19.1 Å². The van der Waals surface area contributed by atoms with Crippen molar-refractivity contribution in [2.45, 2.75) is 162 Å². The van der Waals surface area contributed by atoms with Crippen molar-refractivity contribution < 1.29 is 24.2 Å². The third kappa shape index (κ3) is 26.0. The fraction of sp³-hybridized carbons (Fsp3) is 0.935. The maximum absolute atomic E-state index is 12.0. The van der Waals surface area contributed by atoms with Crippen LogP contribution < -0.4 is 0 Å². The summed E-state index contributed by atoms with van der Waals surface area (Å²) in [4.78, 5) is 24.0. The Morgan fingerprint density at radius 3 is 1.31 bits per heavy atom. The van der Waals surface area contributed by atoms with Crippen molar-refractivity contribution in [3.05, 3.63) is 0 Å². The Bertz CT molecular complexity index is 503. The molecule has 0 aromatic heterocycles. The van der Waals surface area contributed by atoms with Gasteiger partial charge in [0.15, 0.2) is 6.10 Å². The van der Waals surface area contributed by atoms with Crippen molar-refractivity contribution in [1.29, 1.82) is 0 Å². The molecule has 0 spiro atoms. The third-order valence-electron chi connectivity index (χ3n) is 6.76. The summed E-state index contributed by atoms with van der Waals surface area (Å²) in [5.74, 6) is 1.02. The molecule has 5 heteroatoms. The molecule has 0 radical (unpaired) electrons. The van der Waals surface area contributed by atoms with Crippen LogP contribution in [0.15, 0.2) is 0 Å². The van der Waals surface area contributed by atoms with Crippen molar-refractivity contribution in [2.24, 2.45) is 11.8 Å². The second kappa shape index (κ2) is 25.5. The predicted octanol–water partition coefficient (Wildman–Crippen LogP) is 8.55. The van der Waals surface area contributed by atoms with Crippen LogP contribution in [0.5, 0.6) is 0 Å². The van der Waals surface area contributed by atoms with Crippen LogP contribution in [0.3, 0.4) is 0 Å². The number of hydrogen-bond donors (Lipinski definition) is 1. The molecule has 1 atom stereocenters. The normalized spacial score (nSPS) is 12.3. The van der Waals surface area contributed by atoms with Crippen LogP contribution >= 0.6 is 0 Å². The van der Waals surface area contributed by atoms with Crippen molar-refractivity contribution in [3.8, 4) is 0 Å². The molecule has 36 heavy (non-hydrogen) atoms. The van der Waals surface area contributed by atoms with Crippen molar-refractivity contribution in [3.63, 3.8) is 0 Å². The number of rotatable bonds is 26. The SMILES string of the molecule is CC(C)CCCCCCCCCCC(=O)OC[C@H](CO)OC(=O)CCCCCCCCCCC(C)C. The number of carbonyl (C=O) groups is 2. The van der Waals surface area contributed by atoms with E-state index in [0.717, 1.165) is 50.4 Å². The molecular weight excluding hydrogens is 452 g/mol. The number of aliphatic hydroxyl groups is 1. The Labute approximate surface area is 223 Å². The zero-order valence-electron chi connectivity index (χ0n) is 24.4. The molecule has 0 bridgehead atoms. The minimum atomic E-state index is -0.761. The Balaban J connectivity index is 3.59. The van der Waals surface area contributed by atoms with Crippen molar-refractivity contribution >= 4 is 11.9 Å². The third-order valence-corrected chi connectivity index (χ3v) is 6.76. The number of ether oxygens (including phenoxy) is 2. The minimum Gasteiger partial charge on any atom is -0.462 e. The van der Waals surface area contributed by atoms with Gasteiger partial charge in [-0.15, -0.1) is 0 Å². The molecule has 0 heterocycles. The first-order chi connectivity index (χ1) is 17.3. The first-order valence-electron chi connectivity index (χ1n) is 15.3. The van der Waals surface area contributed by atoms with E-state index < -0.39 is 6.10 Å². The molecule has 214 valence electrons. The van der Waals surface area contributed by atoms with Gasteiger partial charge in [0.25, 0.3) is 0 Å². The summed E-state index contributed by atoms with van der Waals surface area (Å²) in [6.07, 6.45) is 21.6. The van der Waals surface area contributed by atoms with Crippen LogP contribution in [-0.4, -0.2) is 36.4 Å². The molecule has 0 rings (SSSR count). The lowest BCUT2D eigenvalue weighted by molar-refractivity contribution is -0.161. The largest absolute Gasteiger partial charge is 0.462 e. The first kappa shape index (κ1) is 34.9. The second-order valence-corrected chi connectivity index (χ2v) is 11.5. The Hall–Kier alpha value is -1.10. The van der Waals surface area contributed by atoms with Gasteiger partial charge in [0.2, 0.25) is 0 Å². The molecule has 0 saturated carbocycles. The van der Waals surface area contributed by atoms with Crippen LogP contribution in [0.2, 0.25) is 0 Å². The fourth-order valence-electron chi connectivity index (χ4n) is 4.39. The van der Waals surface area contributed by atoms with E-state index in [0.29, 0.717) is 12.8 Å². The molecule has 0 aromatic carbocycles. The molecule has 0 amide bonds. The number of hydrogen-bond acceptors (Lipinski definition) is 5. The van der Waals surface area contributed by atoms with Gasteiger partial charge in [0, 0.05) is 12.8 Å². The van der Waals surface area contributed by atoms with Gasteiger partial charge in [0.05, 0.1) is 6.61 Å². The van der Waals surface area contributed by atoms with E-state index in [1.54, 1.807) is 0 Å². The lowest BCUT2D eigenvalue weighted by atomic mass is 10.0. The molecule has 0 saturated heterocycles. The van der Waals surface area contributed by atoms with E-state index >= 15 is 0 Å². The number of unbranched alkanes of at least 4 members (excludes halogenated alkanes) is 14. The topological polar surface area (TPSA) is 72.8 Å². The summed E-state index contributed by atoms with van der Waals surface area (Å²) in [6, 6.07) is 0. The predicted molar refractivity (Wildman–Crippen MR) is 150 cm³/mol. The van der Waals surface area contributed by atoms with Gasteiger partial charge in [-0.2, -0.15) is 0 Å². The van der Waals surface area contributed by atoms with Gasteiger partial charge in [-0.1, -0.05) is 130 Å². The van der Waals surface area contributed by atoms with E-state index in [4.69, 9.17) is 9.47 Å². The van der Waals surface area contributed by atoms with Gasteiger partial charge in [0.1, 0.15) is 6.61 Å². The quantitative estimate of drug-likeness (QED) is 0.0928. The lowest BCUT2D eigenvalue weighted by Gasteiger charge is -2.15. The van der Waals surface area contributed by atoms with Crippen molar-refractivity contribution in [1.82, 2.24) is 0 Å². The minimum absolute atomic E-state index is 0.0613. The smallest absolute Gasteiger partial charge is 0.306 e. The molecule has 0 aromatic rings. The van der Waals surface area contributed by atoms with Crippen LogP contribution in [0.1, 0.15) is 156 Å². The molecule has 0 aliphatic carbocycles. The molecular formula is C31H60O5. The molecule has 0 aliphatic rings. The van der Waals surface area contributed by atoms with Gasteiger partial charge >= 0.3 is 11.9 Å². The number of esters is 2. The highest BCUT2D eigenvalue weighted by molar-refractivity contribution is 5.70. The van der Waals surface area contributed by atoms with E-state index in [1.807, 2.05) is 0 Å². The zero-order chi connectivity index (χ0) is 26.9. The standard InChI is InChI=1S/C31H60O5/c1-27(2)21-17-13-9-5-7-11-15-19-23-30(33)35-26-29(25-32)36-31(34)24-20-16-12-8-6-10-14-18-22-28(3)4/h27-29,32H,5-26H2,1-4H3/t29-/m0/s1. The van der Waals surface area contributed by atoms with Crippen LogP contribution in [0.25, 0.3) is 0 Å². The summed E-state index contributed by atoms with van der Waals surface area (Å²) in [5.41, 5.74) is 0. The highest BCUT2D eigenvalue weighted by Crippen LogP contribution is 2.15. The maximum Gasteiger partial charge on any atom is 0.306 e. The number of carbonyl (C=O) groups excluding carboxylic acids is 2. The monoisotopic (exact) mass is 512 g/mol. The average Bonchev–Trinajstić information content (AvgIpc) is 2.83. The fourth-order valence-corrected chi connectivity index (χ4v) is 4.39. The molecule has 0 aliphatic heterocycles. The zero-order valence-corrected chi connectivity index (χ0v) is 24.4. The summed E-state index contributed by atoms with van der Waals surface area (Å²) >= 11 is 0. The average molecular weight is 513 g/mol. The molecule has 1 N–H and O–H groups in total. The second-order valence-electron chi connectivity index (χ2n) is 11.5. The first-order valence-corrected chi connectivity index (χ1v) is 15.3. The Kier molecular flexibility index (Phi) is 24.8. The Morgan fingerprint density at radius 1 is 0.556 bits per heavy atom. The highest BCUT2D eigenvalue weighted by atomic mass is 16.6.